The molecule has 0 radical (unpaired) electrons. The molecular weight excluding hydrogens is 280 g/mol. The maximum absolute atomic E-state index is 11.2. The molecule has 0 heterocycles. The SMILES string of the molecule is CCCCCCCCCCCCCSCC(C)C(=O)NN. The zero-order valence-electron chi connectivity index (χ0n) is 14.2. The average Bonchev–Trinajstić information content (AvgIpc) is 2.50. The van der Waals surface area contributed by atoms with E-state index in [9.17, 15) is 4.79 Å². The number of rotatable bonds is 15. The van der Waals surface area contributed by atoms with E-state index in [-0.39, 0.29) is 11.8 Å². The van der Waals surface area contributed by atoms with Crippen LogP contribution in [0.25, 0.3) is 0 Å². The highest BCUT2D eigenvalue weighted by Gasteiger charge is 2.10. The molecule has 0 aromatic carbocycles. The van der Waals surface area contributed by atoms with Crippen LogP contribution in [-0.2, 0) is 4.79 Å². The van der Waals surface area contributed by atoms with Crippen LogP contribution in [0.2, 0.25) is 0 Å². The van der Waals surface area contributed by atoms with E-state index in [0.717, 1.165) is 5.75 Å². The summed E-state index contributed by atoms with van der Waals surface area (Å²) in [4.78, 5) is 11.2. The van der Waals surface area contributed by atoms with Crippen molar-refractivity contribution in [2.75, 3.05) is 11.5 Å². The molecule has 3 nitrogen and oxygen atoms in total. The molecule has 21 heavy (non-hydrogen) atoms. The quantitative estimate of drug-likeness (QED) is 0.200. The van der Waals surface area contributed by atoms with E-state index in [1.54, 1.807) is 0 Å². The zero-order valence-corrected chi connectivity index (χ0v) is 15.0. The van der Waals surface area contributed by atoms with Crippen molar-refractivity contribution in [3.63, 3.8) is 0 Å². The third kappa shape index (κ3) is 14.5. The lowest BCUT2D eigenvalue weighted by Gasteiger charge is -2.08. The van der Waals surface area contributed by atoms with Crippen LogP contribution in [0.4, 0.5) is 0 Å². The van der Waals surface area contributed by atoms with Gasteiger partial charge >= 0.3 is 0 Å². The Labute approximate surface area is 136 Å². The summed E-state index contributed by atoms with van der Waals surface area (Å²) in [6, 6.07) is 0. The standard InChI is InChI=1S/C17H36N2OS/c1-3-4-5-6-7-8-9-10-11-12-13-14-21-15-16(2)17(20)19-18/h16H,3-15,18H2,1-2H3,(H,19,20). The zero-order chi connectivity index (χ0) is 15.8. The number of carbonyl (C=O) groups excluding carboxylic acids is 1. The van der Waals surface area contributed by atoms with Crippen molar-refractivity contribution in [2.24, 2.45) is 11.8 Å². The topological polar surface area (TPSA) is 55.1 Å². The van der Waals surface area contributed by atoms with Crippen LogP contribution in [0.1, 0.15) is 84.5 Å². The van der Waals surface area contributed by atoms with Gasteiger partial charge in [0.1, 0.15) is 0 Å². The summed E-state index contributed by atoms with van der Waals surface area (Å²) in [6.07, 6.45) is 15.2. The molecule has 4 heteroatoms. The summed E-state index contributed by atoms with van der Waals surface area (Å²) in [5.74, 6) is 7.12. The summed E-state index contributed by atoms with van der Waals surface area (Å²) in [6.45, 7) is 4.20. The number of unbranched alkanes of at least 4 members (excludes halogenated alkanes) is 10. The predicted octanol–water partition coefficient (Wildman–Crippen LogP) is 4.66. The van der Waals surface area contributed by atoms with Crippen molar-refractivity contribution >= 4 is 17.7 Å². The first-order valence-corrected chi connectivity index (χ1v) is 9.96. The molecule has 0 aliphatic carbocycles. The van der Waals surface area contributed by atoms with Crippen molar-refractivity contribution < 1.29 is 4.79 Å². The van der Waals surface area contributed by atoms with Crippen molar-refractivity contribution in [3.05, 3.63) is 0 Å². The number of hydrogen-bond donors (Lipinski definition) is 2. The largest absolute Gasteiger partial charge is 0.294 e. The Morgan fingerprint density at radius 1 is 0.952 bits per heavy atom. The van der Waals surface area contributed by atoms with Crippen LogP contribution in [0.3, 0.4) is 0 Å². The molecule has 0 rings (SSSR count). The Hall–Kier alpha value is -0.220. The first kappa shape index (κ1) is 20.8. The summed E-state index contributed by atoms with van der Waals surface area (Å²) >= 11 is 1.87. The second kappa shape index (κ2) is 16.2. The molecule has 0 spiro atoms. The fraction of sp³-hybridized carbons (Fsp3) is 0.941. The molecule has 0 aliphatic rings. The van der Waals surface area contributed by atoms with Crippen LogP contribution in [0.15, 0.2) is 0 Å². The van der Waals surface area contributed by atoms with E-state index >= 15 is 0 Å². The smallest absolute Gasteiger partial charge is 0.237 e. The van der Waals surface area contributed by atoms with Gasteiger partial charge in [0.25, 0.3) is 0 Å². The molecule has 0 bridgehead atoms. The van der Waals surface area contributed by atoms with Crippen LogP contribution in [0.5, 0.6) is 0 Å². The Bertz CT molecular complexity index is 237. The summed E-state index contributed by atoms with van der Waals surface area (Å²) in [5.41, 5.74) is 2.21. The van der Waals surface area contributed by atoms with E-state index in [2.05, 4.69) is 12.3 Å². The predicted molar refractivity (Wildman–Crippen MR) is 95.3 cm³/mol. The van der Waals surface area contributed by atoms with Gasteiger partial charge in [-0.25, -0.2) is 5.84 Å². The van der Waals surface area contributed by atoms with Gasteiger partial charge in [-0.1, -0.05) is 78.1 Å². The fourth-order valence-corrected chi connectivity index (χ4v) is 3.43. The van der Waals surface area contributed by atoms with Gasteiger partial charge in [-0.3, -0.25) is 10.2 Å². The third-order valence-electron chi connectivity index (χ3n) is 3.85. The lowest BCUT2D eigenvalue weighted by Crippen LogP contribution is -2.35. The average molecular weight is 317 g/mol. The van der Waals surface area contributed by atoms with Gasteiger partial charge in [-0.05, 0) is 12.2 Å². The Morgan fingerprint density at radius 3 is 1.90 bits per heavy atom. The first-order chi connectivity index (χ1) is 10.2. The van der Waals surface area contributed by atoms with Gasteiger partial charge in [0, 0.05) is 11.7 Å². The number of nitrogens with two attached hydrogens (primary N) is 1. The second-order valence-corrected chi connectivity index (χ2v) is 7.17. The van der Waals surface area contributed by atoms with Gasteiger partial charge in [0.2, 0.25) is 5.91 Å². The van der Waals surface area contributed by atoms with Gasteiger partial charge in [0.05, 0.1) is 0 Å². The second-order valence-electron chi connectivity index (χ2n) is 6.02. The minimum Gasteiger partial charge on any atom is -0.294 e. The molecule has 0 aliphatic heterocycles. The highest BCUT2D eigenvalue weighted by molar-refractivity contribution is 7.99. The molecule has 0 saturated carbocycles. The minimum atomic E-state index is -0.0542. The normalized spacial score (nSPS) is 12.3. The monoisotopic (exact) mass is 316 g/mol. The van der Waals surface area contributed by atoms with E-state index in [0.29, 0.717) is 0 Å². The number of hydrogen-bond acceptors (Lipinski definition) is 3. The number of amides is 1. The number of nitrogens with one attached hydrogen (secondary N) is 1. The van der Waals surface area contributed by atoms with Crippen LogP contribution in [0, 0.1) is 5.92 Å². The molecule has 3 N–H and O–H groups in total. The molecule has 0 saturated heterocycles. The third-order valence-corrected chi connectivity index (χ3v) is 5.16. The van der Waals surface area contributed by atoms with Gasteiger partial charge in [0.15, 0.2) is 0 Å². The van der Waals surface area contributed by atoms with Crippen LogP contribution < -0.4 is 11.3 Å². The van der Waals surface area contributed by atoms with Crippen molar-refractivity contribution in [3.8, 4) is 0 Å². The molecular formula is C17H36N2OS. The number of carbonyl (C=O) groups is 1. The molecule has 1 unspecified atom stereocenters. The van der Waals surface area contributed by atoms with E-state index in [4.69, 9.17) is 5.84 Å². The summed E-state index contributed by atoms with van der Waals surface area (Å²) < 4.78 is 0. The van der Waals surface area contributed by atoms with Gasteiger partial charge in [-0.15, -0.1) is 0 Å². The molecule has 1 amide bonds. The van der Waals surface area contributed by atoms with Crippen LogP contribution in [-0.4, -0.2) is 17.4 Å². The Balaban J connectivity index is 3.11. The molecule has 126 valence electrons. The van der Waals surface area contributed by atoms with Crippen molar-refractivity contribution in [2.45, 2.75) is 84.5 Å². The first-order valence-electron chi connectivity index (χ1n) is 8.80. The van der Waals surface area contributed by atoms with Gasteiger partial charge in [-0.2, -0.15) is 11.8 Å². The van der Waals surface area contributed by atoms with Crippen LogP contribution >= 0.6 is 11.8 Å². The molecule has 0 fully saturated rings. The lowest BCUT2D eigenvalue weighted by molar-refractivity contribution is -0.123. The van der Waals surface area contributed by atoms with E-state index < -0.39 is 0 Å². The Morgan fingerprint density at radius 2 is 1.43 bits per heavy atom. The lowest BCUT2D eigenvalue weighted by atomic mass is 10.1. The van der Waals surface area contributed by atoms with E-state index in [1.807, 2.05) is 18.7 Å². The highest BCUT2D eigenvalue weighted by Crippen LogP contribution is 2.14. The van der Waals surface area contributed by atoms with Crippen molar-refractivity contribution in [1.29, 1.82) is 0 Å². The van der Waals surface area contributed by atoms with Gasteiger partial charge < -0.3 is 0 Å². The Kier molecular flexibility index (Phi) is 16.0. The maximum Gasteiger partial charge on any atom is 0.237 e. The minimum absolute atomic E-state index is 0.0210. The summed E-state index contributed by atoms with van der Waals surface area (Å²) in [7, 11) is 0. The van der Waals surface area contributed by atoms with E-state index in [1.165, 1.54) is 76.4 Å². The maximum atomic E-state index is 11.2. The van der Waals surface area contributed by atoms with Crippen molar-refractivity contribution in [1.82, 2.24) is 5.43 Å². The molecule has 0 aromatic heterocycles. The number of thioether (sulfide) groups is 1. The number of hydrazine groups is 1. The fourth-order valence-electron chi connectivity index (χ4n) is 2.35. The highest BCUT2D eigenvalue weighted by atomic mass is 32.2. The molecule has 1 atom stereocenters. The molecule has 0 aromatic rings. The summed E-state index contributed by atoms with van der Waals surface area (Å²) in [5, 5.41) is 0.